The lowest BCUT2D eigenvalue weighted by Gasteiger charge is -2.30. The molecule has 0 aliphatic carbocycles. The van der Waals surface area contributed by atoms with E-state index in [1.54, 1.807) is 17.0 Å². The molecule has 4 heteroatoms. The Balaban J connectivity index is 1.90. The molecule has 1 aliphatic heterocycles. The second-order valence-corrected chi connectivity index (χ2v) is 5.40. The van der Waals surface area contributed by atoms with Gasteiger partial charge in [-0.1, -0.05) is 12.1 Å². The molecule has 104 valence electrons. The van der Waals surface area contributed by atoms with Crippen LogP contribution >= 0.6 is 0 Å². The number of hydrogen-bond acceptors (Lipinski definition) is 2. The van der Waals surface area contributed by atoms with E-state index in [-0.39, 0.29) is 17.6 Å². The van der Waals surface area contributed by atoms with Crippen LogP contribution in [0.25, 0.3) is 0 Å². The SMILES string of the molecule is CC1CCC(C(=O)N(C)Cc2ccc(F)cc2)CN1. The molecule has 2 unspecified atom stereocenters. The third-order valence-corrected chi connectivity index (χ3v) is 3.72. The van der Waals surface area contributed by atoms with Crippen molar-refractivity contribution in [1.82, 2.24) is 10.2 Å². The maximum absolute atomic E-state index is 12.8. The zero-order valence-corrected chi connectivity index (χ0v) is 11.5. The zero-order chi connectivity index (χ0) is 13.8. The van der Waals surface area contributed by atoms with Gasteiger partial charge >= 0.3 is 0 Å². The number of nitrogens with one attached hydrogen (secondary N) is 1. The first kappa shape index (κ1) is 14.0. The molecule has 1 aromatic carbocycles. The molecule has 1 amide bonds. The largest absolute Gasteiger partial charge is 0.341 e. The van der Waals surface area contributed by atoms with Crippen molar-refractivity contribution in [2.75, 3.05) is 13.6 Å². The predicted octanol–water partition coefficient (Wildman–Crippen LogP) is 2.17. The number of benzene rings is 1. The van der Waals surface area contributed by atoms with Crippen molar-refractivity contribution < 1.29 is 9.18 Å². The fourth-order valence-corrected chi connectivity index (χ4v) is 2.46. The average Bonchev–Trinajstić information content (AvgIpc) is 2.41. The van der Waals surface area contributed by atoms with Crippen LogP contribution in [0, 0.1) is 11.7 Å². The standard InChI is InChI=1S/C15H21FN2O/c1-11-3-6-13(9-17-11)15(19)18(2)10-12-4-7-14(16)8-5-12/h4-5,7-8,11,13,17H,3,6,9-10H2,1-2H3. The Labute approximate surface area is 113 Å². The average molecular weight is 264 g/mol. The molecular formula is C15H21FN2O. The summed E-state index contributed by atoms with van der Waals surface area (Å²) in [5.41, 5.74) is 0.953. The van der Waals surface area contributed by atoms with Crippen molar-refractivity contribution in [2.45, 2.75) is 32.4 Å². The Morgan fingerprint density at radius 1 is 1.37 bits per heavy atom. The lowest BCUT2D eigenvalue weighted by atomic mass is 9.94. The molecule has 0 saturated carbocycles. The van der Waals surface area contributed by atoms with Crippen LogP contribution in [-0.2, 0) is 11.3 Å². The predicted molar refractivity (Wildman–Crippen MR) is 73.1 cm³/mol. The van der Waals surface area contributed by atoms with Gasteiger partial charge in [-0.05, 0) is 37.5 Å². The first-order valence-corrected chi connectivity index (χ1v) is 6.79. The minimum atomic E-state index is -0.247. The molecule has 0 aromatic heterocycles. The van der Waals surface area contributed by atoms with Gasteiger partial charge in [0.05, 0.1) is 5.92 Å². The van der Waals surface area contributed by atoms with Crippen LogP contribution in [0.15, 0.2) is 24.3 Å². The summed E-state index contributed by atoms with van der Waals surface area (Å²) >= 11 is 0. The Morgan fingerprint density at radius 2 is 2.05 bits per heavy atom. The van der Waals surface area contributed by atoms with E-state index < -0.39 is 0 Å². The van der Waals surface area contributed by atoms with Gasteiger partial charge in [0, 0.05) is 26.2 Å². The third-order valence-electron chi connectivity index (χ3n) is 3.72. The van der Waals surface area contributed by atoms with Crippen LogP contribution in [0.5, 0.6) is 0 Å². The molecule has 1 saturated heterocycles. The maximum Gasteiger partial charge on any atom is 0.227 e. The molecule has 0 radical (unpaired) electrons. The minimum absolute atomic E-state index is 0.0710. The number of carbonyl (C=O) groups excluding carboxylic acids is 1. The summed E-state index contributed by atoms with van der Waals surface area (Å²) in [5, 5.41) is 3.34. The van der Waals surface area contributed by atoms with Gasteiger partial charge in [-0.25, -0.2) is 4.39 Å². The van der Waals surface area contributed by atoms with Crippen molar-refractivity contribution in [3.63, 3.8) is 0 Å². The van der Waals surface area contributed by atoms with E-state index in [1.165, 1.54) is 12.1 Å². The molecule has 1 aliphatic rings. The summed E-state index contributed by atoms with van der Waals surface area (Å²) in [5.74, 6) is -0.00595. The van der Waals surface area contributed by atoms with Crippen molar-refractivity contribution in [2.24, 2.45) is 5.92 Å². The van der Waals surface area contributed by atoms with Crippen molar-refractivity contribution in [3.05, 3.63) is 35.6 Å². The third kappa shape index (κ3) is 3.77. The summed E-state index contributed by atoms with van der Waals surface area (Å²) in [6.07, 6.45) is 1.99. The Hall–Kier alpha value is -1.42. The highest BCUT2D eigenvalue weighted by atomic mass is 19.1. The summed E-state index contributed by atoms with van der Waals surface area (Å²) < 4.78 is 12.8. The number of hydrogen-bond donors (Lipinski definition) is 1. The molecule has 3 nitrogen and oxygen atoms in total. The second-order valence-electron chi connectivity index (χ2n) is 5.40. The van der Waals surface area contributed by atoms with E-state index in [2.05, 4.69) is 12.2 Å². The Kier molecular flexibility index (Phi) is 4.53. The van der Waals surface area contributed by atoms with Gasteiger partial charge in [-0.2, -0.15) is 0 Å². The van der Waals surface area contributed by atoms with E-state index >= 15 is 0 Å². The van der Waals surface area contributed by atoms with Gasteiger partial charge in [0.1, 0.15) is 5.82 Å². The quantitative estimate of drug-likeness (QED) is 0.907. The number of nitrogens with zero attached hydrogens (tertiary/aromatic N) is 1. The van der Waals surface area contributed by atoms with Crippen molar-refractivity contribution in [3.8, 4) is 0 Å². The molecule has 1 aromatic rings. The van der Waals surface area contributed by atoms with Crippen LogP contribution in [0.4, 0.5) is 4.39 Å². The van der Waals surface area contributed by atoms with E-state index in [4.69, 9.17) is 0 Å². The highest BCUT2D eigenvalue weighted by Crippen LogP contribution is 2.17. The normalized spacial score (nSPS) is 23.1. The Morgan fingerprint density at radius 3 is 2.63 bits per heavy atom. The van der Waals surface area contributed by atoms with Gasteiger partial charge in [0.15, 0.2) is 0 Å². The number of halogens is 1. The van der Waals surface area contributed by atoms with E-state index in [0.717, 1.165) is 24.9 Å². The van der Waals surface area contributed by atoms with Crippen molar-refractivity contribution >= 4 is 5.91 Å². The molecule has 2 rings (SSSR count). The summed E-state index contributed by atoms with van der Waals surface area (Å²) in [6.45, 7) is 3.43. The molecule has 0 bridgehead atoms. The smallest absolute Gasteiger partial charge is 0.227 e. The fourth-order valence-electron chi connectivity index (χ4n) is 2.46. The summed E-state index contributed by atoms with van der Waals surface area (Å²) in [6, 6.07) is 6.81. The van der Waals surface area contributed by atoms with Gasteiger partial charge in [0.2, 0.25) is 5.91 Å². The first-order chi connectivity index (χ1) is 9.06. The number of amides is 1. The first-order valence-electron chi connectivity index (χ1n) is 6.79. The van der Waals surface area contributed by atoms with Crippen LogP contribution in [0.3, 0.4) is 0 Å². The van der Waals surface area contributed by atoms with Crippen LogP contribution in [0.2, 0.25) is 0 Å². The van der Waals surface area contributed by atoms with Crippen molar-refractivity contribution in [1.29, 1.82) is 0 Å². The molecule has 0 spiro atoms. The van der Waals surface area contributed by atoms with E-state index in [1.807, 2.05) is 7.05 Å². The van der Waals surface area contributed by atoms with Crippen LogP contribution in [0.1, 0.15) is 25.3 Å². The molecule has 2 atom stereocenters. The molecule has 1 fully saturated rings. The van der Waals surface area contributed by atoms with Gasteiger partial charge in [0.25, 0.3) is 0 Å². The number of piperidine rings is 1. The lowest BCUT2D eigenvalue weighted by molar-refractivity contribution is -0.135. The monoisotopic (exact) mass is 264 g/mol. The maximum atomic E-state index is 12.8. The lowest BCUT2D eigenvalue weighted by Crippen LogP contribution is -2.44. The molecule has 1 N–H and O–H groups in total. The highest BCUT2D eigenvalue weighted by Gasteiger charge is 2.26. The number of carbonyl (C=O) groups is 1. The summed E-state index contributed by atoms with van der Waals surface area (Å²) in [4.78, 5) is 14.0. The van der Waals surface area contributed by atoms with Gasteiger partial charge in [-0.3, -0.25) is 4.79 Å². The van der Waals surface area contributed by atoms with E-state index in [9.17, 15) is 9.18 Å². The second kappa shape index (κ2) is 6.15. The molecular weight excluding hydrogens is 243 g/mol. The molecule has 19 heavy (non-hydrogen) atoms. The van der Waals surface area contributed by atoms with Gasteiger partial charge < -0.3 is 10.2 Å². The Bertz CT molecular complexity index is 424. The minimum Gasteiger partial charge on any atom is -0.341 e. The number of rotatable bonds is 3. The van der Waals surface area contributed by atoms with Crippen LogP contribution in [-0.4, -0.2) is 30.4 Å². The topological polar surface area (TPSA) is 32.3 Å². The van der Waals surface area contributed by atoms with E-state index in [0.29, 0.717) is 12.6 Å². The summed E-state index contributed by atoms with van der Waals surface area (Å²) in [7, 11) is 1.81. The zero-order valence-electron chi connectivity index (χ0n) is 11.5. The fraction of sp³-hybridized carbons (Fsp3) is 0.533. The highest BCUT2D eigenvalue weighted by molar-refractivity contribution is 5.78. The van der Waals surface area contributed by atoms with Gasteiger partial charge in [-0.15, -0.1) is 0 Å². The molecule has 1 heterocycles. The van der Waals surface area contributed by atoms with Crippen LogP contribution < -0.4 is 5.32 Å².